The molecule has 1 aliphatic heterocycles. The van der Waals surface area contributed by atoms with Crippen LogP contribution in [0.2, 0.25) is 0 Å². The first-order valence-corrected chi connectivity index (χ1v) is 15.0. The van der Waals surface area contributed by atoms with Gasteiger partial charge in [0, 0.05) is 35.0 Å². The molecule has 10 nitrogen and oxygen atoms in total. The third kappa shape index (κ3) is 4.42. The fourth-order valence-electron chi connectivity index (χ4n) is 5.41. The number of nitrogens with zero attached hydrogens (tertiary/aromatic N) is 2. The Bertz CT molecular complexity index is 2120. The number of benzene rings is 2. The third-order valence-electron chi connectivity index (χ3n) is 8.12. The predicted octanol–water partition coefficient (Wildman–Crippen LogP) is 5.35. The van der Waals surface area contributed by atoms with Gasteiger partial charge in [-0.3, -0.25) is 9.59 Å². The van der Waals surface area contributed by atoms with Crippen molar-refractivity contribution < 1.29 is 31.5 Å². The minimum absolute atomic E-state index is 0.0199. The Morgan fingerprint density at radius 1 is 1.02 bits per heavy atom. The highest BCUT2D eigenvalue weighted by atomic mass is 32.2. The number of nitrogens with one attached hydrogen (secondary N) is 2. The molecule has 4 aromatic rings. The summed E-state index contributed by atoms with van der Waals surface area (Å²) in [5.41, 5.74) is 0.341. The quantitative estimate of drug-likeness (QED) is 0.280. The zero-order valence-electron chi connectivity index (χ0n) is 23.7. The second kappa shape index (κ2) is 10.3. The molecule has 2 unspecified atom stereocenters. The van der Waals surface area contributed by atoms with Gasteiger partial charge in [0.05, 0.1) is 5.69 Å². The molecule has 3 amide bonds. The van der Waals surface area contributed by atoms with Crippen LogP contribution in [0, 0.1) is 11.6 Å². The van der Waals surface area contributed by atoms with Gasteiger partial charge in [-0.1, -0.05) is 23.8 Å². The maximum absolute atomic E-state index is 14.6. The van der Waals surface area contributed by atoms with Gasteiger partial charge in [-0.15, -0.1) is 0 Å². The lowest BCUT2D eigenvalue weighted by Gasteiger charge is -2.31. The average molecular weight is 621 g/mol. The molecule has 1 fully saturated rings. The van der Waals surface area contributed by atoms with Crippen LogP contribution < -0.4 is 20.5 Å². The van der Waals surface area contributed by atoms with Gasteiger partial charge in [0.2, 0.25) is 10.0 Å². The molecule has 2 aliphatic rings. The van der Waals surface area contributed by atoms with E-state index in [-0.39, 0.29) is 45.6 Å². The molecule has 1 saturated heterocycles. The molecule has 2 atom stereocenters. The van der Waals surface area contributed by atoms with Gasteiger partial charge in [0.25, 0.3) is 11.5 Å². The number of pyridine rings is 1. The van der Waals surface area contributed by atoms with Crippen molar-refractivity contribution in [3.8, 4) is 22.6 Å². The molecule has 226 valence electrons. The summed E-state index contributed by atoms with van der Waals surface area (Å²) in [7, 11) is -4.17. The first-order valence-electron chi connectivity index (χ1n) is 13.6. The number of amides is 3. The summed E-state index contributed by atoms with van der Waals surface area (Å²) in [6.45, 7) is 4.83. The van der Waals surface area contributed by atoms with Crippen molar-refractivity contribution in [1.82, 2.24) is 14.3 Å². The summed E-state index contributed by atoms with van der Waals surface area (Å²) in [6, 6.07) is 7.04. The number of urea groups is 1. The highest BCUT2D eigenvalue weighted by Crippen LogP contribution is 2.42. The zero-order valence-corrected chi connectivity index (χ0v) is 24.5. The van der Waals surface area contributed by atoms with Crippen LogP contribution in [0.4, 0.5) is 19.3 Å². The van der Waals surface area contributed by atoms with Crippen LogP contribution in [0.25, 0.3) is 22.0 Å². The summed E-state index contributed by atoms with van der Waals surface area (Å²) in [6.07, 6.45) is 8.05. The number of hydrogen-bond acceptors (Lipinski definition) is 6. The van der Waals surface area contributed by atoms with Crippen LogP contribution in [0.15, 0.2) is 83.5 Å². The summed E-state index contributed by atoms with van der Waals surface area (Å²) < 4.78 is 61.8. The van der Waals surface area contributed by atoms with Crippen LogP contribution in [0.5, 0.6) is 11.5 Å². The number of H-pyrrole nitrogens is 1. The van der Waals surface area contributed by atoms with E-state index in [1.807, 2.05) is 0 Å². The molecule has 0 spiro atoms. The predicted molar refractivity (Wildman–Crippen MR) is 160 cm³/mol. The monoisotopic (exact) mass is 620 g/mol. The fraction of sp³-hybridized carbons (Fsp3) is 0.194. The van der Waals surface area contributed by atoms with Crippen LogP contribution in [0.1, 0.15) is 27.2 Å². The number of hydrogen-bond donors (Lipinski definition) is 2. The number of aromatic amines is 1. The van der Waals surface area contributed by atoms with Gasteiger partial charge in [-0.25, -0.2) is 30.9 Å². The molecule has 0 saturated carbocycles. The fourth-order valence-corrected chi connectivity index (χ4v) is 7.27. The van der Waals surface area contributed by atoms with Crippen LogP contribution in [0.3, 0.4) is 0 Å². The van der Waals surface area contributed by atoms with Crippen LogP contribution in [-0.2, 0) is 14.8 Å². The van der Waals surface area contributed by atoms with Crippen LogP contribution in [-0.4, -0.2) is 40.1 Å². The van der Waals surface area contributed by atoms with E-state index >= 15 is 0 Å². The molecule has 2 N–H and O–H groups in total. The first kappa shape index (κ1) is 29.1. The normalized spacial score (nSPS) is 20.2. The maximum atomic E-state index is 14.6. The van der Waals surface area contributed by atoms with Crippen LogP contribution >= 0.6 is 0 Å². The lowest BCUT2D eigenvalue weighted by molar-refractivity contribution is -0.117. The summed E-state index contributed by atoms with van der Waals surface area (Å²) >= 11 is 0. The SMILES string of the molecule is CC1=CC=CCC1(C)S(=O)(=O)n1ccc2c(-c3cc(N4C(=O)NC(C)C4=O)ccc3Oc3ccc(F)cc3F)c[nH]c(=O)c21. The number of fused-ring (bicyclic) bond motifs is 1. The maximum Gasteiger partial charge on any atom is 0.329 e. The van der Waals surface area contributed by atoms with E-state index in [0.29, 0.717) is 11.6 Å². The van der Waals surface area contributed by atoms with Crippen molar-refractivity contribution in [2.75, 3.05) is 4.90 Å². The minimum atomic E-state index is -4.17. The van der Waals surface area contributed by atoms with Gasteiger partial charge in [-0.05, 0) is 63.6 Å². The van der Waals surface area contributed by atoms with Gasteiger partial charge in [0.15, 0.2) is 11.6 Å². The molecule has 2 aromatic carbocycles. The number of allylic oxidation sites excluding steroid dienone is 3. The summed E-state index contributed by atoms with van der Waals surface area (Å²) in [4.78, 5) is 42.2. The molecule has 0 radical (unpaired) electrons. The molecular weight excluding hydrogens is 594 g/mol. The van der Waals surface area contributed by atoms with Crippen molar-refractivity contribution >= 4 is 38.6 Å². The van der Waals surface area contributed by atoms with E-state index in [0.717, 1.165) is 21.0 Å². The summed E-state index contributed by atoms with van der Waals surface area (Å²) in [5.74, 6) is -2.60. The Hall–Kier alpha value is -5.04. The first-order chi connectivity index (χ1) is 20.8. The third-order valence-corrected chi connectivity index (χ3v) is 10.6. The Kier molecular flexibility index (Phi) is 6.80. The Morgan fingerprint density at radius 3 is 2.45 bits per heavy atom. The van der Waals surface area contributed by atoms with Gasteiger partial charge in [-0.2, -0.15) is 0 Å². The molecule has 3 heterocycles. The van der Waals surface area contributed by atoms with E-state index in [4.69, 9.17) is 4.74 Å². The van der Waals surface area contributed by atoms with Crippen molar-refractivity contribution in [3.63, 3.8) is 0 Å². The summed E-state index contributed by atoms with van der Waals surface area (Å²) in [5, 5.41) is 2.74. The van der Waals surface area contributed by atoms with E-state index in [9.17, 15) is 31.6 Å². The van der Waals surface area contributed by atoms with E-state index in [1.165, 1.54) is 43.6 Å². The lowest BCUT2D eigenvalue weighted by Crippen LogP contribution is -2.41. The number of halogens is 2. The smallest absolute Gasteiger partial charge is 0.329 e. The van der Waals surface area contributed by atoms with E-state index < -0.39 is 49.9 Å². The highest BCUT2D eigenvalue weighted by molar-refractivity contribution is 7.91. The number of carbonyl (C=O) groups excluding carboxylic acids is 2. The molecular formula is C31H26F2N4O6S. The number of anilines is 1. The van der Waals surface area contributed by atoms with E-state index in [1.54, 1.807) is 32.1 Å². The Labute approximate surface area is 250 Å². The highest BCUT2D eigenvalue weighted by Gasteiger charge is 2.43. The number of imide groups is 1. The van der Waals surface area contributed by atoms with E-state index in [2.05, 4.69) is 10.3 Å². The molecule has 2 aromatic heterocycles. The Morgan fingerprint density at radius 2 is 1.77 bits per heavy atom. The van der Waals surface area contributed by atoms with Gasteiger partial charge >= 0.3 is 6.03 Å². The zero-order chi connectivity index (χ0) is 31.6. The van der Waals surface area contributed by atoms with Crippen molar-refractivity contribution in [2.24, 2.45) is 0 Å². The topological polar surface area (TPSA) is 131 Å². The Balaban J connectivity index is 1.57. The van der Waals surface area contributed by atoms with Crippen molar-refractivity contribution in [1.29, 1.82) is 0 Å². The standard InChI is InChI=1S/C31H26F2N4O6S/c1-17-6-4-5-12-31(17,3)44(41,42)36-13-11-21-23(16-34-28(38)27(21)36)22-15-20(37-29(39)18(2)35-30(37)40)8-10-25(22)43-26-9-7-19(32)14-24(26)33/h4-11,13-16,18H,12H2,1-3H3,(H,34,38)(H,35,40). The number of aromatic nitrogens is 2. The second-order valence-electron chi connectivity index (χ2n) is 10.8. The van der Waals surface area contributed by atoms with Crippen molar-refractivity contribution in [3.05, 3.63) is 101 Å². The molecule has 1 aliphatic carbocycles. The molecule has 6 rings (SSSR count). The number of ether oxygens (including phenoxy) is 1. The molecule has 13 heteroatoms. The largest absolute Gasteiger partial charge is 0.454 e. The molecule has 0 bridgehead atoms. The van der Waals surface area contributed by atoms with Gasteiger partial charge < -0.3 is 15.0 Å². The van der Waals surface area contributed by atoms with Crippen molar-refractivity contribution in [2.45, 2.75) is 38.0 Å². The van der Waals surface area contributed by atoms with Gasteiger partial charge in [0.1, 0.15) is 27.9 Å². The molecule has 44 heavy (non-hydrogen) atoms. The average Bonchev–Trinajstić information content (AvgIpc) is 3.54. The number of carbonyl (C=O) groups is 2. The lowest BCUT2D eigenvalue weighted by atomic mass is 9.94. The minimum Gasteiger partial charge on any atom is -0.454 e. The second-order valence-corrected chi connectivity index (χ2v) is 13.1. The number of rotatable bonds is 6.